The molecule has 0 aliphatic rings. The number of para-hydroxylation sites is 2. The second-order valence-electron chi connectivity index (χ2n) is 5.13. The third-order valence-corrected chi connectivity index (χ3v) is 3.43. The van der Waals surface area contributed by atoms with Crippen molar-refractivity contribution in [3.8, 4) is 0 Å². The van der Waals surface area contributed by atoms with Gasteiger partial charge in [-0.2, -0.15) is 5.10 Å². The van der Waals surface area contributed by atoms with Gasteiger partial charge in [0.25, 0.3) is 0 Å². The van der Waals surface area contributed by atoms with Crippen LogP contribution in [0.2, 0.25) is 0 Å². The maximum Gasteiger partial charge on any atom is 0.193 e. The highest BCUT2D eigenvalue weighted by atomic mass is 15.2. The lowest BCUT2D eigenvalue weighted by molar-refractivity contribution is 0.741. The van der Waals surface area contributed by atoms with Gasteiger partial charge in [-0.25, -0.2) is 15.0 Å². The minimum atomic E-state index is -0.214. The zero-order valence-corrected chi connectivity index (χ0v) is 13.2. The van der Waals surface area contributed by atoms with E-state index < -0.39 is 0 Å². The van der Waals surface area contributed by atoms with Crippen LogP contribution in [0.15, 0.2) is 60.8 Å². The predicted octanol–water partition coefficient (Wildman–Crippen LogP) is 2.30. The van der Waals surface area contributed by atoms with E-state index in [4.69, 9.17) is 5.73 Å². The van der Waals surface area contributed by atoms with Crippen molar-refractivity contribution in [3.63, 3.8) is 0 Å². The van der Waals surface area contributed by atoms with Gasteiger partial charge in [0.1, 0.15) is 24.5 Å². The number of benzene rings is 1. The van der Waals surface area contributed by atoms with Gasteiger partial charge >= 0.3 is 0 Å². The Morgan fingerprint density at radius 1 is 1.46 bits per heavy atom. The molecule has 8 nitrogen and oxygen atoms in total. The summed E-state index contributed by atoms with van der Waals surface area (Å²) in [4.78, 5) is 12.7. The van der Waals surface area contributed by atoms with Gasteiger partial charge in [-0.15, -0.1) is 0 Å². The number of H-pyrrole nitrogens is 1. The molecule has 24 heavy (non-hydrogen) atoms. The first-order chi connectivity index (χ1) is 11.6. The molecule has 8 heteroatoms. The summed E-state index contributed by atoms with van der Waals surface area (Å²) < 4.78 is 1.90. The highest BCUT2D eigenvalue weighted by Crippen LogP contribution is 2.16. The van der Waals surface area contributed by atoms with Crippen molar-refractivity contribution in [2.45, 2.75) is 13.0 Å². The van der Waals surface area contributed by atoms with Gasteiger partial charge in [0.2, 0.25) is 0 Å². The summed E-state index contributed by atoms with van der Waals surface area (Å²) in [6.45, 7) is 5.91. The van der Waals surface area contributed by atoms with E-state index in [1.165, 1.54) is 6.33 Å². The number of allylic oxidation sites excluding steroid dienone is 2. The number of nitrogens with two attached hydrogens (primary N) is 1. The minimum absolute atomic E-state index is 0. The molecule has 1 aromatic carbocycles. The van der Waals surface area contributed by atoms with E-state index in [-0.39, 0.29) is 14.9 Å². The summed E-state index contributed by atoms with van der Waals surface area (Å²) in [6.07, 6.45) is 6.66. The first-order valence-corrected chi connectivity index (χ1v) is 7.38. The quantitative estimate of drug-likeness (QED) is 0.378. The number of hydrogen-bond donors (Lipinski definition) is 3. The fourth-order valence-corrected chi connectivity index (χ4v) is 2.21. The Bertz CT molecular complexity index is 898. The average Bonchev–Trinajstić information content (AvgIpc) is 3.24. The third kappa shape index (κ3) is 3.32. The van der Waals surface area contributed by atoms with Crippen LogP contribution >= 0.6 is 0 Å². The summed E-state index contributed by atoms with van der Waals surface area (Å²) in [5, 5.41) is 9.45. The smallest absolute Gasteiger partial charge is 0.193 e. The lowest BCUT2D eigenvalue weighted by Gasteiger charge is -2.06. The zero-order valence-electron chi connectivity index (χ0n) is 13.2. The topological polar surface area (TPSA) is 110 Å². The molecule has 0 bridgehead atoms. The number of nitrogens with zero attached hydrogens (tertiary/aromatic N) is 5. The molecule has 1 atom stereocenters. The van der Waals surface area contributed by atoms with Crippen LogP contribution < -0.4 is 11.1 Å². The Labute approximate surface area is 141 Å². The van der Waals surface area contributed by atoms with E-state index in [0.717, 1.165) is 16.7 Å². The lowest BCUT2D eigenvalue weighted by Crippen LogP contribution is -2.27. The summed E-state index contributed by atoms with van der Waals surface area (Å²) >= 11 is 0. The number of aromatic nitrogens is 5. The van der Waals surface area contributed by atoms with Crippen LogP contribution in [0.25, 0.3) is 16.7 Å². The largest absolute Gasteiger partial charge is 0.370 e. The molecule has 0 aliphatic heterocycles. The standard InChI is InChI=1S/C16H18N8.2H2/c1-11(24-10-20-13-5-3-4-6-14(13)24)7-8-18-16(17)22-12(2)15-19-9-21-23-15;;/h3-10,12H,1H2,2H3,(H3,17,18,22)(H,19,21,23);2*1H/b8-7-;;. The molecule has 0 saturated heterocycles. The van der Waals surface area contributed by atoms with Gasteiger partial charge in [-0.05, 0) is 25.1 Å². The number of aliphatic imine (C=N–C) groups is 1. The van der Waals surface area contributed by atoms with Crippen LogP contribution in [0.5, 0.6) is 0 Å². The summed E-state index contributed by atoms with van der Waals surface area (Å²) in [5.41, 5.74) is 8.52. The van der Waals surface area contributed by atoms with Crippen LogP contribution in [0.4, 0.5) is 0 Å². The number of aromatic amines is 1. The molecule has 0 saturated carbocycles. The Morgan fingerprint density at radius 3 is 3.08 bits per heavy atom. The highest BCUT2D eigenvalue weighted by molar-refractivity contribution is 5.81. The molecule has 4 N–H and O–H groups in total. The Balaban J connectivity index is 0.00000169. The fourth-order valence-electron chi connectivity index (χ4n) is 2.21. The molecule has 3 aromatic rings. The van der Waals surface area contributed by atoms with Gasteiger partial charge in [-0.3, -0.25) is 9.67 Å². The van der Waals surface area contributed by atoms with E-state index in [1.54, 1.807) is 18.6 Å². The first kappa shape index (κ1) is 15.5. The van der Waals surface area contributed by atoms with Crippen LogP contribution in [-0.2, 0) is 0 Å². The van der Waals surface area contributed by atoms with Crippen LogP contribution in [0, 0.1) is 0 Å². The maximum absolute atomic E-state index is 5.85. The molecule has 1 unspecified atom stereocenters. The predicted molar refractivity (Wildman–Crippen MR) is 98.0 cm³/mol. The second kappa shape index (κ2) is 6.78. The van der Waals surface area contributed by atoms with Crippen molar-refractivity contribution < 1.29 is 2.85 Å². The van der Waals surface area contributed by atoms with Crippen LogP contribution in [0.3, 0.4) is 0 Å². The Kier molecular flexibility index (Phi) is 4.37. The monoisotopic (exact) mass is 326 g/mol. The van der Waals surface area contributed by atoms with Gasteiger partial charge in [-0.1, -0.05) is 18.7 Å². The van der Waals surface area contributed by atoms with E-state index >= 15 is 0 Å². The van der Waals surface area contributed by atoms with Crippen molar-refractivity contribution >= 4 is 22.7 Å². The number of nitrogens with one attached hydrogen (secondary N) is 2. The van der Waals surface area contributed by atoms with Gasteiger partial charge in [0.05, 0.1) is 11.0 Å². The third-order valence-electron chi connectivity index (χ3n) is 3.43. The van der Waals surface area contributed by atoms with Gasteiger partial charge in [0, 0.05) is 14.8 Å². The molecule has 0 aliphatic carbocycles. The molecule has 0 fully saturated rings. The zero-order chi connectivity index (χ0) is 16.9. The van der Waals surface area contributed by atoms with E-state index in [2.05, 4.69) is 37.1 Å². The Morgan fingerprint density at radius 2 is 2.29 bits per heavy atom. The van der Waals surface area contributed by atoms with Crippen molar-refractivity contribution in [1.82, 2.24) is 30.0 Å². The molecular formula is C16H22N8. The van der Waals surface area contributed by atoms with Gasteiger partial charge in [0.15, 0.2) is 5.96 Å². The second-order valence-corrected chi connectivity index (χ2v) is 5.13. The number of hydrogen-bond acceptors (Lipinski definition) is 4. The molecular weight excluding hydrogens is 304 g/mol. The van der Waals surface area contributed by atoms with Crippen molar-refractivity contribution in [2.75, 3.05) is 0 Å². The number of rotatable bonds is 5. The highest BCUT2D eigenvalue weighted by Gasteiger charge is 2.06. The molecule has 0 spiro atoms. The van der Waals surface area contributed by atoms with Crippen LogP contribution in [0.1, 0.15) is 21.6 Å². The molecule has 2 heterocycles. The molecule has 2 aromatic heterocycles. The maximum atomic E-state index is 5.85. The van der Waals surface area contributed by atoms with E-state index in [9.17, 15) is 0 Å². The number of guanidine groups is 1. The minimum Gasteiger partial charge on any atom is -0.370 e. The van der Waals surface area contributed by atoms with E-state index in [1.807, 2.05) is 35.8 Å². The summed E-state index contributed by atoms with van der Waals surface area (Å²) in [5.74, 6) is 0.927. The Hall–Kier alpha value is -3.42. The number of fused-ring (bicyclic) bond motifs is 1. The van der Waals surface area contributed by atoms with Gasteiger partial charge < -0.3 is 11.1 Å². The molecule has 126 valence electrons. The van der Waals surface area contributed by atoms with Crippen LogP contribution in [-0.4, -0.2) is 30.7 Å². The number of imidazole rings is 1. The first-order valence-electron chi connectivity index (χ1n) is 7.38. The molecule has 0 radical (unpaired) electrons. The fraction of sp³-hybridized carbons (Fsp3) is 0.125. The van der Waals surface area contributed by atoms with Crippen molar-refractivity contribution in [2.24, 2.45) is 10.7 Å². The van der Waals surface area contributed by atoms with Crippen molar-refractivity contribution in [1.29, 1.82) is 0 Å². The van der Waals surface area contributed by atoms with E-state index in [0.29, 0.717) is 5.82 Å². The molecule has 3 rings (SSSR count). The lowest BCUT2D eigenvalue weighted by atomic mass is 10.3. The SMILES string of the molecule is C=C(/C=C\NC(N)=NC(C)c1ncn[nH]1)n1cnc2ccccc21.[HH].[HH]. The average molecular weight is 326 g/mol. The summed E-state index contributed by atoms with van der Waals surface area (Å²) in [6, 6.07) is 7.65. The normalized spacial score (nSPS) is 13.5. The summed E-state index contributed by atoms with van der Waals surface area (Å²) in [7, 11) is 0. The van der Waals surface area contributed by atoms with Crippen molar-refractivity contribution in [3.05, 3.63) is 61.6 Å². The molecule has 0 amide bonds.